The molecule has 2 aliphatic rings. The summed E-state index contributed by atoms with van der Waals surface area (Å²) in [5, 5.41) is 6.85. The predicted molar refractivity (Wildman–Crippen MR) is 93.8 cm³/mol. The lowest BCUT2D eigenvalue weighted by atomic mass is 9.96. The predicted octanol–water partition coefficient (Wildman–Crippen LogP) is 2.08. The largest absolute Gasteiger partial charge is 0.493 e. The molecule has 0 aromatic heterocycles. The number of hydrogen-bond acceptors (Lipinski definition) is 4. The van der Waals surface area contributed by atoms with Crippen LogP contribution in [-0.2, 0) is 11.3 Å². The first-order valence-electron chi connectivity index (χ1n) is 8.64. The fourth-order valence-corrected chi connectivity index (χ4v) is 3.43. The highest BCUT2D eigenvalue weighted by Gasteiger charge is 2.41. The molecular weight excluding hydrogens is 306 g/mol. The number of methoxy groups -OCH3 is 2. The molecule has 0 amide bonds. The highest BCUT2D eigenvalue weighted by Crippen LogP contribution is 2.34. The fraction of sp³-hybridized carbons (Fsp3) is 0.611. The lowest BCUT2D eigenvalue weighted by Crippen LogP contribution is -2.47. The van der Waals surface area contributed by atoms with Crippen molar-refractivity contribution in [2.24, 2.45) is 4.99 Å². The molecule has 0 aliphatic carbocycles. The van der Waals surface area contributed by atoms with E-state index in [1.165, 1.54) is 6.42 Å². The van der Waals surface area contributed by atoms with Gasteiger partial charge in [0, 0.05) is 6.54 Å². The van der Waals surface area contributed by atoms with Gasteiger partial charge in [0.15, 0.2) is 17.5 Å². The van der Waals surface area contributed by atoms with Crippen molar-refractivity contribution in [3.8, 4) is 11.5 Å². The van der Waals surface area contributed by atoms with Gasteiger partial charge < -0.3 is 24.8 Å². The molecular formula is C18H27N3O3. The second-order valence-electron chi connectivity index (χ2n) is 6.24. The molecule has 0 radical (unpaired) electrons. The summed E-state index contributed by atoms with van der Waals surface area (Å²) in [7, 11) is 3.28. The van der Waals surface area contributed by atoms with Gasteiger partial charge in [0.1, 0.15) is 0 Å². The van der Waals surface area contributed by atoms with Crippen LogP contribution in [0.15, 0.2) is 23.2 Å². The summed E-state index contributed by atoms with van der Waals surface area (Å²) in [5.41, 5.74) is 1.08. The molecule has 1 aromatic carbocycles. The number of nitrogens with zero attached hydrogens (tertiary/aromatic N) is 1. The Balaban J connectivity index is 1.65. The second kappa shape index (κ2) is 7.75. The minimum Gasteiger partial charge on any atom is -0.493 e. The molecule has 2 N–H and O–H groups in total. The maximum absolute atomic E-state index is 5.91. The number of benzene rings is 1. The van der Waals surface area contributed by atoms with E-state index in [0.29, 0.717) is 24.8 Å². The first-order chi connectivity index (χ1) is 11.7. The highest BCUT2D eigenvalue weighted by molar-refractivity contribution is 5.80. The maximum Gasteiger partial charge on any atom is 0.191 e. The van der Waals surface area contributed by atoms with Crippen molar-refractivity contribution >= 4 is 5.96 Å². The number of fused-ring (bicyclic) bond motifs is 2. The lowest BCUT2D eigenvalue weighted by molar-refractivity contribution is 0.0992. The van der Waals surface area contributed by atoms with Crippen LogP contribution >= 0.6 is 0 Å². The monoisotopic (exact) mass is 333 g/mol. The summed E-state index contributed by atoms with van der Waals surface area (Å²) in [6.45, 7) is 3.49. The van der Waals surface area contributed by atoms with Crippen LogP contribution < -0.4 is 20.1 Å². The van der Waals surface area contributed by atoms with E-state index in [2.05, 4.69) is 17.6 Å². The number of ether oxygens (including phenoxy) is 3. The Morgan fingerprint density at radius 1 is 1.25 bits per heavy atom. The van der Waals surface area contributed by atoms with Crippen molar-refractivity contribution in [1.82, 2.24) is 10.6 Å². The van der Waals surface area contributed by atoms with Crippen LogP contribution in [0.25, 0.3) is 0 Å². The molecule has 2 aliphatic heterocycles. The normalized spacial score (nSPS) is 25.6. The lowest BCUT2D eigenvalue weighted by Gasteiger charge is -2.22. The molecule has 6 heteroatoms. The van der Waals surface area contributed by atoms with Crippen LogP contribution in [0.1, 0.15) is 31.7 Å². The van der Waals surface area contributed by atoms with E-state index >= 15 is 0 Å². The molecule has 2 saturated heterocycles. The van der Waals surface area contributed by atoms with Gasteiger partial charge in [0.2, 0.25) is 0 Å². The van der Waals surface area contributed by atoms with E-state index < -0.39 is 0 Å². The Labute approximate surface area is 143 Å². The second-order valence-corrected chi connectivity index (χ2v) is 6.24. The zero-order valence-electron chi connectivity index (χ0n) is 14.7. The van der Waals surface area contributed by atoms with Crippen molar-refractivity contribution in [2.45, 2.75) is 51.0 Å². The van der Waals surface area contributed by atoms with E-state index in [9.17, 15) is 0 Å². The molecule has 0 saturated carbocycles. The molecule has 6 nitrogen and oxygen atoms in total. The third-order valence-electron chi connectivity index (χ3n) is 4.64. The maximum atomic E-state index is 5.91. The number of aliphatic imine (C=N–C) groups is 1. The topological polar surface area (TPSA) is 64.1 Å². The van der Waals surface area contributed by atoms with E-state index in [0.717, 1.165) is 42.4 Å². The van der Waals surface area contributed by atoms with Gasteiger partial charge in [-0.15, -0.1) is 0 Å². The van der Waals surface area contributed by atoms with Gasteiger partial charge in [-0.25, -0.2) is 4.99 Å². The molecule has 3 rings (SSSR count). The van der Waals surface area contributed by atoms with Crippen LogP contribution in [0.2, 0.25) is 0 Å². The Morgan fingerprint density at radius 3 is 2.71 bits per heavy atom. The molecule has 132 valence electrons. The molecule has 1 aromatic rings. The molecule has 2 fully saturated rings. The first-order valence-corrected chi connectivity index (χ1v) is 8.64. The summed E-state index contributed by atoms with van der Waals surface area (Å²) in [6, 6.07) is 6.25. The van der Waals surface area contributed by atoms with E-state index in [1.807, 2.05) is 18.2 Å². The highest BCUT2D eigenvalue weighted by atomic mass is 16.5. The number of guanidine groups is 1. The first kappa shape index (κ1) is 16.9. The molecule has 3 atom stereocenters. The van der Waals surface area contributed by atoms with Crippen molar-refractivity contribution in [3.05, 3.63) is 23.8 Å². The minimum atomic E-state index is 0.333. The van der Waals surface area contributed by atoms with Crippen molar-refractivity contribution < 1.29 is 14.2 Å². The Kier molecular flexibility index (Phi) is 5.45. The average Bonchev–Trinajstić information content (AvgIpc) is 3.22. The van der Waals surface area contributed by atoms with Gasteiger partial charge in [-0.1, -0.05) is 6.07 Å². The SMILES string of the molecule is CCNC(=NCc1ccc(OC)c(OC)c1)NC1CC2CCC1O2. The van der Waals surface area contributed by atoms with Crippen molar-refractivity contribution in [2.75, 3.05) is 20.8 Å². The van der Waals surface area contributed by atoms with Gasteiger partial charge >= 0.3 is 0 Å². The fourth-order valence-electron chi connectivity index (χ4n) is 3.43. The summed E-state index contributed by atoms with van der Waals surface area (Å²) in [4.78, 5) is 4.70. The van der Waals surface area contributed by atoms with Crippen LogP contribution in [0.4, 0.5) is 0 Å². The smallest absolute Gasteiger partial charge is 0.191 e. The summed E-state index contributed by atoms with van der Waals surface area (Å²) in [5.74, 6) is 2.30. The minimum absolute atomic E-state index is 0.333. The van der Waals surface area contributed by atoms with E-state index in [4.69, 9.17) is 19.2 Å². The zero-order valence-corrected chi connectivity index (χ0v) is 14.7. The van der Waals surface area contributed by atoms with Crippen LogP contribution in [-0.4, -0.2) is 45.0 Å². The zero-order chi connectivity index (χ0) is 16.9. The third-order valence-corrected chi connectivity index (χ3v) is 4.64. The molecule has 3 unspecified atom stereocenters. The van der Waals surface area contributed by atoms with Gasteiger partial charge in [0.05, 0.1) is 39.0 Å². The van der Waals surface area contributed by atoms with Gasteiger partial charge in [-0.05, 0) is 43.9 Å². The van der Waals surface area contributed by atoms with Crippen LogP contribution in [0.3, 0.4) is 0 Å². The summed E-state index contributed by atoms with van der Waals surface area (Å²) >= 11 is 0. The summed E-state index contributed by atoms with van der Waals surface area (Å²) < 4.78 is 16.5. The van der Waals surface area contributed by atoms with Gasteiger partial charge in [0.25, 0.3) is 0 Å². The third kappa shape index (κ3) is 3.75. The number of nitrogens with one attached hydrogen (secondary N) is 2. The molecule has 0 spiro atoms. The summed E-state index contributed by atoms with van der Waals surface area (Å²) in [6.07, 6.45) is 4.19. The molecule has 2 heterocycles. The number of rotatable bonds is 6. The quantitative estimate of drug-likeness (QED) is 0.616. The Hall–Kier alpha value is -1.95. The van der Waals surface area contributed by atoms with E-state index in [1.54, 1.807) is 14.2 Å². The average molecular weight is 333 g/mol. The van der Waals surface area contributed by atoms with Crippen LogP contribution in [0, 0.1) is 0 Å². The van der Waals surface area contributed by atoms with Gasteiger partial charge in [-0.2, -0.15) is 0 Å². The Bertz CT molecular complexity index is 591. The van der Waals surface area contributed by atoms with Crippen LogP contribution in [0.5, 0.6) is 11.5 Å². The molecule has 2 bridgehead atoms. The van der Waals surface area contributed by atoms with E-state index in [-0.39, 0.29) is 0 Å². The van der Waals surface area contributed by atoms with Crippen molar-refractivity contribution in [3.63, 3.8) is 0 Å². The molecule has 24 heavy (non-hydrogen) atoms. The number of hydrogen-bond donors (Lipinski definition) is 2. The Morgan fingerprint density at radius 2 is 2.08 bits per heavy atom. The van der Waals surface area contributed by atoms with Gasteiger partial charge in [-0.3, -0.25) is 0 Å². The van der Waals surface area contributed by atoms with Crippen molar-refractivity contribution in [1.29, 1.82) is 0 Å². The standard InChI is InChI=1S/C18H27N3O3/c1-4-19-18(21-14-10-13-6-8-15(14)24-13)20-11-12-5-7-16(22-2)17(9-12)23-3/h5,7,9,13-15H,4,6,8,10-11H2,1-3H3,(H2,19,20,21).